The minimum absolute atomic E-state index is 0.178. The molecule has 5 nitrogen and oxygen atoms in total. The SMILES string of the molecule is Cc1sc(NC(=O)c2ccco2)c(C(Nc2ccccn2)c2ccc(C(C)C)cc2)c1C. The third-order valence-electron chi connectivity index (χ3n) is 5.59. The first-order chi connectivity index (χ1) is 15.4. The number of aromatic nitrogens is 1. The van der Waals surface area contributed by atoms with Crippen LogP contribution in [0.3, 0.4) is 0 Å². The number of furan rings is 1. The lowest BCUT2D eigenvalue weighted by Gasteiger charge is -2.23. The predicted molar refractivity (Wildman–Crippen MR) is 131 cm³/mol. The first-order valence-corrected chi connectivity index (χ1v) is 11.5. The van der Waals surface area contributed by atoms with Crippen LogP contribution in [-0.4, -0.2) is 10.9 Å². The number of carbonyl (C=O) groups excluding carboxylic acids is 1. The van der Waals surface area contributed by atoms with Gasteiger partial charge < -0.3 is 15.1 Å². The van der Waals surface area contributed by atoms with Crippen molar-refractivity contribution >= 4 is 28.1 Å². The number of benzene rings is 1. The molecule has 1 unspecified atom stereocenters. The van der Waals surface area contributed by atoms with Crippen LogP contribution >= 0.6 is 11.3 Å². The van der Waals surface area contributed by atoms with Crippen LogP contribution in [-0.2, 0) is 0 Å². The number of hydrogen-bond donors (Lipinski definition) is 2. The fourth-order valence-electron chi connectivity index (χ4n) is 3.65. The van der Waals surface area contributed by atoms with Crippen LogP contribution in [0.5, 0.6) is 0 Å². The molecule has 2 N–H and O–H groups in total. The highest BCUT2D eigenvalue weighted by Gasteiger charge is 2.25. The first kappa shape index (κ1) is 21.8. The largest absolute Gasteiger partial charge is 0.459 e. The Bertz CT molecular complexity index is 1180. The molecular weight excluding hydrogens is 418 g/mol. The number of rotatable bonds is 7. The molecule has 164 valence electrons. The molecule has 0 aliphatic rings. The molecule has 0 saturated carbocycles. The number of nitrogens with one attached hydrogen (secondary N) is 2. The molecule has 0 radical (unpaired) electrons. The molecule has 1 amide bonds. The zero-order valence-corrected chi connectivity index (χ0v) is 19.5. The van der Waals surface area contributed by atoms with E-state index in [1.165, 1.54) is 11.8 Å². The van der Waals surface area contributed by atoms with Crippen molar-refractivity contribution in [3.8, 4) is 0 Å². The molecule has 0 fully saturated rings. The molecule has 0 aliphatic heterocycles. The van der Waals surface area contributed by atoms with Crippen molar-refractivity contribution in [2.24, 2.45) is 0 Å². The summed E-state index contributed by atoms with van der Waals surface area (Å²) in [7, 11) is 0. The van der Waals surface area contributed by atoms with Gasteiger partial charge in [0.25, 0.3) is 5.91 Å². The van der Waals surface area contributed by atoms with E-state index in [4.69, 9.17) is 4.42 Å². The van der Waals surface area contributed by atoms with E-state index in [1.807, 2.05) is 18.2 Å². The van der Waals surface area contributed by atoms with Gasteiger partial charge in [-0.2, -0.15) is 0 Å². The fraction of sp³-hybridized carbons (Fsp3) is 0.231. The van der Waals surface area contributed by atoms with Gasteiger partial charge in [-0.05, 0) is 60.7 Å². The second-order valence-corrected chi connectivity index (χ2v) is 9.30. The zero-order chi connectivity index (χ0) is 22.7. The normalized spacial score (nSPS) is 12.0. The van der Waals surface area contributed by atoms with Crippen LogP contribution in [0.2, 0.25) is 0 Å². The van der Waals surface area contributed by atoms with E-state index in [0.29, 0.717) is 5.92 Å². The number of carbonyl (C=O) groups is 1. The topological polar surface area (TPSA) is 67.2 Å². The monoisotopic (exact) mass is 445 g/mol. The van der Waals surface area contributed by atoms with Gasteiger partial charge in [0.2, 0.25) is 0 Å². The number of amides is 1. The molecule has 3 aromatic heterocycles. The van der Waals surface area contributed by atoms with Gasteiger partial charge in [-0.3, -0.25) is 4.79 Å². The summed E-state index contributed by atoms with van der Waals surface area (Å²) in [5.41, 5.74) is 4.57. The Morgan fingerprint density at radius 3 is 2.38 bits per heavy atom. The Labute approximate surface area is 192 Å². The van der Waals surface area contributed by atoms with Gasteiger partial charge in [-0.25, -0.2) is 4.98 Å². The van der Waals surface area contributed by atoms with E-state index >= 15 is 0 Å². The van der Waals surface area contributed by atoms with Gasteiger partial charge in [0.1, 0.15) is 10.8 Å². The quantitative estimate of drug-likeness (QED) is 0.324. The molecule has 6 heteroatoms. The van der Waals surface area contributed by atoms with Crippen molar-refractivity contribution in [2.75, 3.05) is 10.6 Å². The van der Waals surface area contributed by atoms with Crippen molar-refractivity contribution in [3.05, 3.63) is 99.9 Å². The van der Waals surface area contributed by atoms with Crippen LogP contribution < -0.4 is 10.6 Å². The molecule has 3 heterocycles. The predicted octanol–water partition coefficient (Wildman–Crippen LogP) is 6.93. The van der Waals surface area contributed by atoms with Crippen molar-refractivity contribution < 1.29 is 9.21 Å². The van der Waals surface area contributed by atoms with Crippen molar-refractivity contribution in [2.45, 2.75) is 39.7 Å². The maximum Gasteiger partial charge on any atom is 0.291 e. The summed E-state index contributed by atoms with van der Waals surface area (Å²) in [6.07, 6.45) is 3.27. The lowest BCUT2D eigenvalue weighted by Crippen LogP contribution is -2.17. The van der Waals surface area contributed by atoms with Crippen LogP contribution in [0.1, 0.15) is 63.5 Å². The van der Waals surface area contributed by atoms with Gasteiger partial charge in [0.15, 0.2) is 5.76 Å². The van der Waals surface area contributed by atoms with E-state index in [2.05, 4.69) is 67.6 Å². The molecule has 0 bridgehead atoms. The second-order valence-electron chi connectivity index (χ2n) is 8.07. The Morgan fingerprint density at radius 2 is 1.75 bits per heavy atom. The summed E-state index contributed by atoms with van der Waals surface area (Å²) in [6.45, 7) is 8.55. The van der Waals surface area contributed by atoms with Gasteiger partial charge in [-0.15, -0.1) is 11.3 Å². The summed E-state index contributed by atoms with van der Waals surface area (Å²) < 4.78 is 5.29. The molecular formula is C26H27N3O2S. The molecule has 32 heavy (non-hydrogen) atoms. The van der Waals surface area contributed by atoms with Crippen molar-refractivity contribution in [1.82, 2.24) is 4.98 Å². The van der Waals surface area contributed by atoms with Gasteiger partial charge in [-0.1, -0.05) is 44.2 Å². The standard InChI is InChI=1S/C26H27N3O2S/c1-16(2)19-10-12-20(13-11-19)24(28-22-9-5-6-14-27-22)23-17(3)18(4)32-26(23)29-25(30)21-8-7-15-31-21/h5-16,24H,1-4H3,(H,27,28)(H,29,30). The lowest BCUT2D eigenvalue weighted by atomic mass is 9.93. The van der Waals surface area contributed by atoms with E-state index in [9.17, 15) is 4.79 Å². The number of aryl methyl sites for hydroxylation is 1. The number of thiophene rings is 1. The van der Waals surface area contributed by atoms with Crippen LogP contribution in [0.15, 0.2) is 71.5 Å². The summed E-state index contributed by atoms with van der Waals surface area (Å²) in [5, 5.41) is 7.46. The number of nitrogens with zero attached hydrogens (tertiary/aromatic N) is 1. The van der Waals surface area contributed by atoms with Gasteiger partial charge >= 0.3 is 0 Å². The minimum Gasteiger partial charge on any atom is -0.459 e. The third kappa shape index (κ3) is 4.60. The highest BCUT2D eigenvalue weighted by atomic mass is 32.1. The molecule has 4 rings (SSSR count). The Hall–Kier alpha value is -3.38. The number of hydrogen-bond acceptors (Lipinski definition) is 5. The summed E-state index contributed by atoms with van der Waals surface area (Å²) in [6, 6.07) is 17.6. The van der Waals surface area contributed by atoms with Gasteiger partial charge in [0.05, 0.1) is 12.3 Å². The van der Waals surface area contributed by atoms with E-state index in [0.717, 1.165) is 32.4 Å². The first-order valence-electron chi connectivity index (χ1n) is 10.7. The average molecular weight is 446 g/mol. The minimum atomic E-state index is -0.260. The number of pyridine rings is 1. The smallest absolute Gasteiger partial charge is 0.291 e. The molecule has 4 aromatic rings. The van der Waals surface area contributed by atoms with Crippen LogP contribution in [0.4, 0.5) is 10.8 Å². The maximum atomic E-state index is 12.8. The second kappa shape index (κ2) is 9.40. The fourth-order valence-corrected chi connectivity index (χ4v) is 4.74. The van der Waals surface area contributed by atoms with Gasteiger partial charge in [0, 0.05) is 16.6 Å². The highest BCUT2D eigenvalue weighted by molar-refractivity contribution is 7.16. The molecule has 1 aromatic carbocycles. The Morgan fingerprint density at radius 1 is 1.00 bits per heavy atom. The van der Waals surface area contributed by atoms with Crippen LogP contribution in [0, 0.1) is 13.8 Å². The number of anilines is 2. The molecule has 0 aliphatic carbocycles. The van der Waals surface area contributed by atoms with Crippen molar-refractivity contribution in [3.63, 3.8) is 0 Å². The van der Waals surface area contributed by atoms with E-state index < -0.39 is 0 Å². The molecule has 0 saturated heterocycles. The maximum absolute atomic E-state index is 12.8. The summed E-state index contributed by atoms with van der Waals surface area (Å²) in [5.74, 6) is 1.26. The Balaban J connectivity index is 1.77. The van der Waals surface area contributed by atoms with Crippen molar-refractivity contribution in [1.29, 1.82) is 0 Å². The van der Waals surface area contributed by atoms with E-state index in [1.54, 1.807) is 29.7 Å². The Kier molecular flexibility index (Phi) is 6.42. The molecule has 1 atom stereocenters. The lowest BCUT2D eigenvalue weighted by molar-refractivity contribution is 0.0997. The summed E-state index contributed by atoms with van der Waals surface area (Å²) in [4.78, 5) is 18.4. The zero-order valence-electron chi connectivity index (χ0n) is 18.7. The summed E-state index contributed by atoms with van der Waals surface area (Å²) >= 11 is 1.57. The van der Waals surface area contributed by atoms with E-state index in [-0.39, 0.29) is 17.7 Å². The molecule has 0 spiro atoms. The van der Waals surface area contributed by atoms with Crippen LogP contribution in [0.25, 0.3) is 0 Å². The highest BCUT2D eigenvalue weighted by Crippen LogP contribution is 2.41. The average Bonchev–Trinajstić information content (AvgIpc) is 3.42. The third-order valence-corrected chi connectivity index (χ3v) is 6.72.